The van der Waals surface area contributed by atoms with Crippen LogP contribution in [-0.4, -0.2) is 25.8 Å². The SMILES string of the molecule is CCCC1CC1Nc1nc2c(cnn2-c2ccccc2)c(=O)[nH]1. The van der Waals surface area contributed by atoms with Crippen LogP contribution in [0.25, 0.3) is 16.7 Å². The number of H-pyrrole nitrogens is 1. The number of anilines is 1. The summed E-state index contributed by atoms with van der Waals surface area (Å²) in [5, 5.41) is 8.16. The molecule has 0 saturated heterocycles. The average Bonchev–Trinajstić information content (AvgIpc) is 3.13. The van der Waals surface area contributed by atoms with Crippen molar-refractivity contribution in [3.63, 3.8) is 0 Å². The van der Waals surface area contributed by atoms with E-state index >= 15 is 0 Å². The highest BCUT2D eigenvalue weighted by Crippen LogP contribution is 2.36. The molecule has 1 saturated carbocycles. The van der Waals surface area contributed by atoms with E-state index in [2.05, 4.69) is 27.3 Å². The molecule has 1 aliphatic rings. The molecule has 118 valence electrons. The van der Waals surface area contributed by atoms with Gasteiger partial charge in [0.05, 0.1) is 11.9 Å². The Morgan fingerprint density at radius 2 is 2.17 bits per heavy atom. The molecule has 2 atom stereocenters. The quantitative estimate of drug-likeness (QED) is 0.760. The second kappa shape index (κ2) is 5.53. The monoisotopic (exact) mass is 309 g/mol. The van der Waals surface area contributed by atoms with Crippen molar-refractivity contribution in [3.8, 4) is 5.69 Å². The minimum Gasteiger partial charge on any atom is -0.353 e. The first-order chi connectivity index (χ1) is 11.3. The molecule has 4 rings (SSSR count). The third-order valence-corrected chi connectivity index (χ3v) is 4.34. The molecule has 0 bridgehead atoms. The number of nitrogens with zero attached hydrogens (tertiary/aromatic N) is 3. The zero-order valence-electron chi connectivity index (χ0n) is 13.0. The van der Waals surface area contributed by atoms with Crippen LogP contribution in [-0.2, 0) is 0 Å². The normalized spacial score (nSPS) is 19.9. The summed E-state index contributed by atoms with van der Waals surface area (Å²) in [6, 6.07) is 10.1. The van der Waals surface area contributed by atoms with Gasteiger partial charge in [0.1, 0.15) is 5.39 Å². The first-order valence-electron chi connectivity index (χ1n) is 8.06. The number of benzene rings is 1. The van der Waals surface area contributed by atoms with Crippen molar-refractivity contribution < 1.29 is 0 Å². The molecule has 1 aromatic carbocycles. The van der Waals surface area contributed by atoms with Crippen molar-refractivity contribution in [2.75, 3.05) is 5.32 Å². The molecule has 6 nitrogen and oxygen atoms in total. The third kappa shape index (κ3) is 2.60. The summed E-state index contributed by atoms with van der Waals surface area (Å²) in [4.78, 5) is 19.7. The highest BCUT2D eigenvalue weighted by Gasteiger charge is 2.36. The van der Waals surface area contributed by atoms with Crippen LogP contribution in [0.4, 0.5) is 5.95 Å². The molecule has 3 aromatic rings. The predicted molar refractivity (Wildman–Crippen MR) is 89.9 cm³/mol. The summed E-state index contributed by atoms with van der Waals surface area (Å²) in [7, 11) is 0. The molecule has 2 N–H and O–H groups in total. The van der Waals surface area contributed by atoms with E-state index in [1.165, 1.54) is 12.8 Å². The van der Waals surface area contributed by atoms with Crippen LogP contribution >= 0.6 is 0 Å². The fourth-order valence-corrected chi connectivity index (χ4v) is 3.03. The van der Waals surface area contributed by atoms with E-state index in [1.807, 2.05) is 30.3 Å². The van der Waals surface area contributed by atoms with E-state index in [9.17, 15) is 4.79 Å². The maximum absolute atomic E-state index is 12.3. The first-order valence-corrected chi connectivity index (χ1v) is 8.06. The molecule has 0 spiro atoms. The number of aromatic nitrogens is 4. The number of hydrogen-bond acceptors (Lipinski definition) is 4. The molecule has 6 heteroatoms. The van der Waals surface area contributed by atoms with Crippen molar-refractivity contribution in [2.45, 2.75) is 32.2 Å². The fraction of sp³-hybridized carbons (Fsp3) is 0.353. The lowest BCUT2D eigenvalue weighted by atomic mass is 10.2. The topological polar surface area (TPSA) is 75.6 Å². The molecular formula is C17H19N5O. The van der Waals surface area contributed by atoms with Gasteiger partial charge in [0.15, 0.2) is 5.65 Å². The van der Waals surface area contributed by atoms with Crippen molar-refractivity contribution in [1.82, 2.24) is 19.7 Å². The van der Waals surface area contributed by atoms with Gasteiger partial charge in [-0.2, -0.15) is 10.1 Å². The number of fused-ring (bicyclic) bond motifs is 1. The summed E-state index contributed by atoms with van der Waals surface area (Å²) < 4.78 is 1.70. The van der Waals surface area contributed by atoms with Crippen LogP contribution in [0.1, 0.15) is 26.2 Å². The van der Waals surface area contributed by atoms with Crippen LogP contribution in [0.5, 0.6) is 0 Å². The Balaban J connectivity index is 1.70. The van der Waals surface area contributed by atoms with E-state index in [0.29, 0.717) is 28.9 Å². The molecule has 1 aliphatic carbocycles. The van der Waals surface area contributed by atoms with Gasteiger partial charge in [-0.1, -0.05) is 31.5 Å². The van der Waals surface area contributed by atoms with E-state index in [0.717, 1.165) is 12.1 Å². The smallest absolute Gasteiger partial charge is 0.263 e. The molecule has 2 aromatic heterocycles. The van der Waals surface area contributed by atoms with E-state index in [4.69, 9.17) is 0 Å². The van der Waals surface area contributed by atoms with Gasteiger partial charge in [0, 0.05) is 6.04 Å². The second-order valence-electron chi connectivity index (χ2n) is 6.08. The number of rotatable bonds is 5. The lowest BCUT2D eigenvalue weighted by molar-refractivity contribution is 0.691. The maximum atomic E-state index is 12.3. The van der Waals surface area contributed by atoms with Crippen LogP contribution in [0, 0.1) is 5.92 Å². The summed E-state index contributed by atoms with van der Waals surface area (Å²) in [5.41, 5.74) is 1.31. The Morgan fingerprint density at radius 1 is 1.35 bits per heavy atom. The van der Waals surface area contributed by atoms with Crippen molar-refractivity contribution in [2.24, 2.45) is 5.92 Å². The molecular weight excluding hydrogens is 290 g/mol. The van der Waals surface area contributed by atoms with E-state index in [-0.39, 0.29) is 5.56 Å². The van der Waals surface area contributed by atoms with Gasteiger partial charge in [-0.25, -0.2) is 4.68 Å². The Kier molecular flexibility index (Phi) is 3.37. The Labute approximate surface area is 133 Å². The summed E-state index contributed by atoms with van der Waals surface area (Å²) in [6.07, 6.45) is 5.11. The highest BCUT2D eigenvalue weighted by atomic mass is 16.1. The van der Waals surface area contributed by atoms with Gasteiger partial charge in [0.2, 0.25) is 5.95 Å². The van der Waals surface area contributed by atoms with Crippen LogP contribution < -0.4 is 10.9 Å². The zero-order chi connectivity index (χ0) is 15.8. The second-order valence-corrected chi connectivity index (χ2v) is 6.08. The molecule has 0 amide bonds. The van der Waals surface area contributed by atoms with Crippen molar-refractivity contribution >= 4 is 17.0 Å². The Hall–Kier alpha value is -2.63. The summed E-state index contributed by atoms with van der Waals surface area (Å²) >= 11 is 0. The molecule has 1 fully saturated rings. The van der Waals surface area contributed by atoms with Gasteiger partial charge in [-0.3, -0.25) is 9.78 Å². The van der Waals surface area contributed by atoms with E-state index < -0.39 is 0 Å². The molecule has 0 aliphatic heterocycles. The first kappa shape index (κ1) is 14.0. The Morgan fingerprint density at radius 3 is 2.96 bits per heavy atom. The number of para-hydroxylation sites is 1. The van der Waals surface area contributed by atoms with Crippen LogP contribution in [0.2, 0.25) is 0 Å². The molecule has 2 unspecified atom stereocenters. The maximum Gasteiger partial charge on any atom is 0.263 e. The van der Waals surface area contributed by atoms with E-state index in [1.54, 1.807) is 10.9 Å². The van der Waals surface area contributed by atoms with Gasteiger partial charge in [-0.05, 0) is 30.9 Å². The minimum atomic E-state index is -0.160. The van der Waals surface area contributed by atoms with Crippen molar-refractivity contribution in [1.29, 1.82) is 0 Å². The highest BCUT2D eigenvalue weighted by molar-refractivity contribution is 5.76. The number of hydrogen-bond donors (Lipinski definition) is 2. The fourth-order valence-electron chi connectivity index (χ4n) is 3.03. The van der Waals surface area contributed by atoms with Gasteiger partial charge < -0.3 is 5.32 Å². The number of aromatic amines is 1. The van der Waals surface area contributed by atoms with Crippen LogP contribution in [0.15, 0.2) is 41.3 Å². The standard InChI is InChI=1S/C17H19N5O/c1-2-6-11-9-14(11)19-17-20-15-13(16(23)21-17)10-18-22(15)12-7-4-3-5-8-12/h3-5,7-8,10-11,14H,2,6,9H2,1H3,(H2,19,20,21,23). The third-order valence-electron chi connectivity index (χ3n) is 4.34. The largest absolute Gasteiger partial charge is 0.353 e. The summed E-state index contributed by atoms with van der Waals surface area (Å²) in [5.74, 6) is 1.23. The zero-order valence-corrected chi connectivity index (χ0v) is 13.0. The minimum absolute atomic E-state index is 0.160. The van der Waals surface area contributed by atoms with Crippen LogP contribution in [0.3, 0.4) is 0 Å². The average molecular weight is 309 g/mol. The lowest BCUT2D eigenvalue weighted by Gasteiger charge is -2.06. The molecule has 23 heavy (non-hydrogen) atoms. The number of nitrogens with one attached hydrogen (secondary N) is 2. The summed E-state index contributed by atoms with van der Waals surface area (Å²) in [6.45, 7) is 2.19. The predicted octanol–water partition coefficient (Wildman–Crippen LogP) is 2.71. The molecule has 2 heterocycles. The Bertz CT molecular complexity index is 883. The van der Waals surface area contributed by atoms with Gasteiger partial charge >= 0.3 is 0 Å². The van der Waals surface area contributed by atoms with Gasteiger partial charge in [0.25, 0.3) is 5.56 Å². The van der Waals surface area contributed by atoms with Crippen molar-refractivity contribution in [3.05, 3.63) is 46.9 Å². The molecule has 0 radical (unpaired) electrons. The lowest BCUT2D eigenvalue weighted by Crippen LogP contribution is -2.15. The van der Waals surface area contributed by atoms with Gasteiger partial charge in [-0.15, -0.1) is 0 Å².